The highest BCUT2D eigenvalue weighted by Crippen LogP contribution is 2.42. The Balaban J connectivity index is 1.95. The lowest BCUT2D eigenvalue weighted by atomic mass is 10.2. The molecule has 5 nitrogen and oxygen atoms in total. The third kappa shape index (κ3) is 3.53. The fraction of sp³-hybridized carbons (Fsp3) is 0.846. The average Bonchev–Trinajstić information content (AvgIpc) is 3.07. The molecule has 1 aromatic rings. The third-order valence-electron chi connectivity index (χ3n) is 3.17. The van der Waals surface area contributed by atoms with Gasteiger partial charge in [0.25, 0.3) is 0 Å². The minimum absolute atomic E-state index is 0.0296. The van der Waals surface area contributed by atoms with Crippen LogP contribution in [0.2, 0.25) is 0 Å². The summed E-state index contributed by atoms with van der Waals surface area (Å²) in [6.45, 7) is 7.86. The van der Waals surface area contributed by atoms with Crippen molar-refractivity contribution in [2.75, 3.05) is 13.2 Å². The van der Waals surface area contributed by atoms with E-state index < -0.39 is 0 Å². The number of nitrogens with zero attached hydrogens (tertiary/aromatic N) is 2. The molecule has 18 heavy (non-hydrogen) atoms. The summed E-state index contributed by atoms with van der Waals surface area (Å²) in [5.41, 5.74) is 0. The van der Waals surface area contributed by atoms with Crippen LogP contribution in [0.5, 0.6) is 0 Å². The number of aromatic nitrogens is 2. The van der Waals surface area contributed by atoms with E-state index in [1.807, 2.05) is 6.92 Å². The lowest BCUT2D eigenvalue weighted by Crippen LogP contribution is -2.27. The van der Waals surface area contributed by atoms with Gasteiger partial charge in [-0.05, 0) is 39.2 Å². The smallest absolute Gasteiger partial charge is 0.228 e. The van der Waals surface area contributed by atoms with Crippen LogP contribution in [0.4, 0.5) is 0 Å². The number of nitrogens with one attached hydrogen (secondary N) is 1. The van der Waals surface area contributed by atoms with Gasteiger partial charge in [-0.1, -0.05) is 12.1 Å². The first-order valence-electron chi connectivity index (χ1n) is 6.92. The number of rotatable bonds is 8. The van der Waals surface area contributed by atoms with Gasteiger partial charge in [0.1, 0.15) is 6.10 Å². The topological polar surface area (TPSA) is 60.2 Å². The molecule has 5 heteroatoms. The summed E-state index contributed by atoms with van der Waals surface area (Å²) in [6, 6.07) is 0.356. The molecule has 102 valence electrons. The van der Waals surface area contributed by atoms with Gasteiger partial charge >= 0.3 is 0 Å². The number of hydrogen-bond donors (Lipinski definition) is 1. The van der Waals surface area contributed by atoms with E-state index in [0.29, 0.717) is 24.5 Å². The second kappa shape index (κ2) is 6.29. The molecular formula is C13H23N3O2. The first kappa shape index (κ1) is 13.5. The minimum atomic E-state index is 0.0296. The highest BCUT2D eigenvalue weighted by atomic mass is 16.5. The zero-order chi connectivity index (χ0) is 13.0. The van der Waals surface area contributed by atoms with Crippen LogP contribution in [0, 0.1) is 5.92 Å². The normalized spacial score (nSPS) is 18.8. The molecule has 2 unspecified atom stereocenters. The van der Waals surface area contributed by atoms with Gasteiger partial charge in [0.05, 0.1) is 0 Å². The molecule has 2 atom stereocenters. The molecule has 1 fully saturated rings. The molecule has 0 radical (unpaired) electrons. The standard InChI is InChI=1S/C13H23N3O2/c1-4-14-9(3)8-11-15-13(16-18-11)12(17-5-2)10-6-7-10/h9-10,12,14H,4-8H2,1-3H3. The summed E-state index contributed by atoms with van der Waals surface area (Å²) < 4.78 is 11.0. The lowest BCUT2D eigenvalue weighted by Gasteiger charge is -2.11. The average molecular weight is 253 g/mol. The monoisotopic (exact) mass is 253 g/mol. The van der Waals surface area contributed by atoms with E-state index >= 15 is 0 Å². The minimum Gasteiger partial charge on any atom is -0.370 e. The highest BCUT2D eigenvalue weighted by Gasteiger charge is 2.36. The van der Waals surface area contributed by atoms with Crippen LogP contribution < -0.4 is 5.32 Å². The van der Waals surface area contributed by atoms with Crippen molar-refractivity contribution in [1.29, 1.82) is 0 Å². The third-order valence-corrected chi connectivity index (χ3v) is 3.17. The Morgan fingerprint density at radius 1 is 1.44 bits per heavy atom. The molecule has 2 rings (SSSR count). The summed E-state index contributed by atoms with van der Waals surface area (Å²) in [5, 5.41) is 7.40. The second-order valence-electron chi connectivity index (χ2n) is 4.92. The molecular weight excluding hydrogens is 230 g/mol. The Kier molecular flexibility index (Phi) is 4.72. The van der Waals surface area contributed by atoms with E-state index in [1.54, 1.807) is 0 Å². The van der Waals surface area contributed by atoms with Crippen molar-refractivity contribution in [2.45, 2.75) is 52.2 Å². The van der Waals surface area contributed by atoms with E-state index in [1.165, 1.54) is 12.8 Å². The molecule has 1 aromatic heterocycles. The molecule has 1 aliphatic rings. The number of likely N-dealkylation sites (N-methyl/N-ethyl adjacent to an activating group) is 1. The van der Waals surface area contributed by atoms with Gasteiger partial charge in [-0.3, -0.25) is 0 Å². The van der Waals surface area contributed by atoms with Gasteiger partial charge in [0.2, 0.25) is 11.7 Å². The van der Waals surface area contributed by atoms with Gasteiger partial charge in [-0.15, -0.1) is 0 Å². The molecule has 0 aromatic carbocycles. The van der Waals surface area contributed by atoms with Gasteiger partial charge < -0.3 is 14.6 Å². The summed E-state index contributed by atoms with van der Waals surface area (Å²) >= 11 is 0. The lowest BCUT2D eigenvalue weighted by molar-refractivity contribution is 0.0384. The zero-order valence-corrected chi connectivity index (χ0v) is 11.5. The Bertz CT molecular complexity index is 363. The van der Waals surface area contributed by atoms with Crippen molar-refractivity contribution in [3.05, 3.63) is 11.7 Å². The van der Waals surface area contributed by atoms with E-state index in [0.717, 1.165) is 18.8 Å². The fourth-order valence-corrected chi connectivity index (χ4v) is 2.15. The first-order chi connectivity index (χ1) is 8.74. The summed E-state index contributed by atoms with van der Waals surface area (Å²) in [5.74, 6) is 2.00. The van der Waals surface area contributed by atoms with Crippen LogP contribution in [-0.4, -0.2) is 29.3 Å². The van der Waals surface area contributed by atoms with Crippen molar-refractivity contribution < 1.29 is 9.26 Å². The molecule has 0 amide bonds. The fourth-order valence-electron chi connectivity index (χ4n) is 2.15. The van der Waals surface area contributed by atoms with E-state index in [-0.39, 0.29) is 6.10 Å². The van der Waals surface area contributed by atoms with E-state index in [4.69, 9.17) is 9.26 Å². The van der Waals surface area contributed by atoms with Gasteiger partial charge in [-0.2, -0.15) is 4.98 Å². The van der Waals surface area contributed by atoms with Gasteiger partial charge in [0, 0.05) is 19.1 Å². The maximum absolute atomic E-state index is 5.72. The molecule has 0 bridgehead atoms. The van der Waals surface area contributed by atoms with Gasteiger partial charge in [0.15, 0.2) is 0 Å². The molecule has 1 saturated carbocycles. The van der Waals surface area contributed by atoms with Crippen LogP contribution >= 0.6 is 0 Å². The number of ether oxygens (including phenoxy) is 1. The zero-order valence-electron chi connectivity index (χ0n) is 11.5. The Hall–Kier alpha value is -0.940. The van der Waals surface area contributed by atoms with E-state index in [2.05, 4.69) is 29.3 Å². The Labute approximate surface area is 108 Å². The molecule has 0 spiro atoms. The van der Waals surface area contributed by atoms with Gasteiger partial charge in [-0.25, -0.2) is 0 Å². The van der Waals surface area contributed by atoms with Crippen LogP contribution in [0.15, 0.2) is 4.52 Å². The second-order valence-corrected chi connectivity index (χ2v) is 4.92. The first-order valence-corrected chi connectivity index (χ1v) is 6.92. The van der Waals surface area contributed by atoms with E-state index in [9.17, 15) is 0 Å². The Morgan fingerprint density at radius 3 is 2.83 bits per heavy atom. The van der Waals surface area contributed by atoms with Crippen LogP contribution in [0.1, 0.15) is 51.4 Å². The van der Waals surface area contributed by atoms with Crippen LogP contribution in [0.25, 0.3) is 0 Å². The maximum Gasteiger partial charge on any atom is 0.228 e. The maximum atomic E-state index is 5.72. The predicted molar refractivity (Wildman–Crippen MR) is 68.2 cm³/mol. The van der Waals surface area contributed by atoms with Crippen molar-refractivity contribution in [3.63, 3.8) is 0 Å². The SMILES string of the molecule is CCNC(C)Cc1nc(C(OCC)C2CC2)no1. The largest absolute Gasteiger partial charge is 0.370 e. The summed E-state index contributed by atoms with van der Waals surface area (Å²) in [4.78, 5) is 4.47. The highest BCUT2D eigenvalue weighted by molar-refractivity contribution is 4.99. The predicted octanol–water partition coefficient (Wildman–Crippen LogP) is 2.10. The summed E-state index contributed by atoms with van der Waals surface area (Å²) in [7, 11) is 0. The van der Waals surface area contributed by atoms with Crippen LogP contribution in [-0.2, 0) is 11.2 Å². The van der Waals surface area contributed by atoms with Crippen molar-refractivity contribution >= 4 is 0 Å². The molecule has 1 heterocycles. The van der Waals surface area contributed by atoms with Crippen molar-refractivity contribution in [1.82, 2.24) is 15.5 Å². The quantitative estimate of drug-likeness (QED) is 0.768. The Morgan fingerprint density at radius 2 is 2.22 bits per heavy atom. The summed E-state index contributed by atoms with van der Waals surface area (Å²) in [6.07, 6.45) is 3.22. The van der Waals surface area contributed by atoms with Crippen molar-refractivity contribution in [3.8, 4) is 0 Å². The number of hydrogen-bond acceptors (Lipinski definition) is 5. The van der Waals surface area contributed by atoms with Crippen molar-refractivity contribution in [2.24, 2.45) is 5.92 Å². The molecule has 1 aliphatic carbocycles. The molecule has 0 aliphatic heterocycles. The van der Waals surface area contributed by atoms with Crippen LogP contribution in [0.3, 0.4) is 0 Å². The molecule has 0 saturated heterocycles. The molecule has 1 N–H and O–H groups in total.